The van der Waals surface area contributed by atoms with E-state index in [0.29, 0.717) is 25.4 Å². The molecule has 0 N–H and O–H groups in total. The lowest BCUT2D eigenvalue weighted by Gasteiger charge is -2.23. The molecule has 1 saturated carbocycles. The summed E-state index contributed by atoms with van der Waals surface area (Å²) in [5, 5.41) is 1.01. The second-order valence-corrected chi connectivity index (χ2v) is 7.73. The first-order chi connectivity index (χ1) is 14.7. The Hall–Kier alpha value is -3.21. The third-order valence-electron chi connectivity index (χ3n) is 5.58. The number of hydrogen-bond acceptors (Lipinski definition) is 4. The van der Waals surface area contributed by atoms with E-state index in [4.69, 9.17) is 4.74 Å². The van der Waals surface area contributed by atoms with Crippen molar-refractivity contribution in [1.29, 1.82) is 0 Å². The Morgan fingerprint density at radius 1 is 1.03 bits per heavy atom. The molecule has 1 aliphatic carbocycles. The highest BCUT2D eigenvalue weighted by atomic mass is 16.5. The molecule has 0 aliphatic heterocycles. The van der Waals surface area contributed by atoms with E-state index in [1.807, 2.05) is 60.4 Å². The van der Waals surface area contributed by atoms with Gasteiger partial charge >= 0.3 is 5.97 Å². The minimum absolute atomic E-state index is 0.0915. The highest BCUT2D eigenvalue weighted by Crippen LogP contribution is 2.40. The molecule has 1 aromatic heterocycles. The number of para-hydroxylation sites is 1. The van der Waals surface area contributed by atoms with Crippen LogP contribution in [0.1, 0.15) is 29.4 Å². The number of esters is 1. The number of amides is 1. The quantitative estimate of drug-likeness (QED) is 0.532. The summed E-state index contributed by atoms with van der Waals surface area (Å²) in [7, 11) is 0. The summed E-state index contributed by atoms with van der Waals surface area (Å²) >= 11 is 0. The molecule has 5 nitrogen and oxygen atoms in total. The zero-order valence-electron chi connectivity index (χ0n) is 17.2. The molecule has 5 heteroatoms. The van der Waals surface area contributed by atoms with E-state index in [2.05, 4.69) is 17.1 Å². The van der Waals surface area contributed by atoms with Crippen LogP contribution in [0.25, 0.3) is 10.9 Å². The SMILES string of the molecule is CCOC(=O)[C@@H]1C[C@H]1CN(CCc1ccccc1)C(=O)c1ccc2ccccc2n1. The maximum absolute atomic E-state index is 13.3. The van der Waals surface area contributed by atoms with Crippen LogP contribution in [-0.4, -0.2) is 41.5 Å². The van der Waals surface area contributed by atoms with Gasteiger partial charge in [0.25, 0.3) is 5.91 Å². The van der Waals surface area contributed by atoms with Crippen LogP contribution in [-0.2, 0) is 16.0 Å². The Bertz CT molecular complexity index is 1030. The summed E-state index contributed by atoms with van der Waals surface area (Å²) in [5.41, 5.74) is 2.43. The number of pyridine rings is 1. The fraction of sp³-hybridized carbons (Fsp3) is 0.320. The van der Waals surface area contributed by atoms with Gasteiger partial charge < -0.3 is 9.64 Å². The monoisotopic (exact) mass is 402 g/mol. The molecular weight excluding hydrogens is 376 g/mol. The Morgan fingerprint density at radius 2 is 1.80 bits per heavy atom. The summed E-state index contributed by atoms with van der Waals surface area (Å²) in [6.45, 7) is 3.34. The number of nitrogens with zero attached hydrogens (tertiary/aromatic N) is 2. The van der Waals surface area contributed by atoms with Crippen molar-refractivity contribution >= 4 is 22.8 Å². The summed E-state index contributed by atoms with van der Waals surface area (Å²) in [6, 6.07) is 21.6. The van der Waals surface area contributed by atoms with Crippen LogP contribution in [0.15, 0.2) is 66.7 Å². The molecule has 1 amide bonds. The second-order valence-electron chi connectivity index (χ2n) is 7.73. The molecule has 1 fully saturated rings. The van der Waals surface area contributed by atoms with Gasteiger partial charge in [0, 0.05) is 18.5 Å². The van der Waals surface area contributed by atoms with E-state index in [1.54, 1.807) is 6.07 Å². The van der Waals surface area contributed by atoms with Crippen LogP contribution < -0.4 is 0 Å². The molecule has 3 aromatic rings. The summed E-state index contributed by atoms with van der Waals surface area (Å²) < 4.78 is 5.15. The fourth-order valence-electron chi connectivity index (χ4n) is 3.80. The molecule has 0 unspecified atom stereocenters. The van der Waals surface area contributed by atoms with Crippen molar-refractivity contribution in [3.63, 3.8) is 0 Å². The normalized spacial score (nSPS) is 17.5. The van der Waals surface area contributed by atoms with Gasteiger partial charge in [-0.2, -0.15) is 0 Å². The predicted octanol–water partition coefficient (Wildman–Crippen LogP) is 4.12. The first-order valence-corrected chi connectivity index (χ1v) is 10.5. The van der Waals surface area contributed by atoms with Gasteiger partial charge in [0.15, 0.2) is 0 Å². The molecule has 0 radical (unpaired) electrons. The average molecular weight is 402 g/mol. The van der Waals surface area contributed by atoms with E-state index in [-0.39, 0.29) is 23.7 Å². The Balaban J connectivity index is 1.50. The molecule has 1 heterocycles. The van der Waals surface area contributed by atoms with E-state index in [9.17, 15) is 9.59 Å². The van der Waals surface area contributed by atoms with Gasteiger partial charge in [0.1, 0.15) is 5.69 Å². The number of ether oxygens (including phenoxy) is 1. The molecule has 2 aromatic carbocycles. The molecule has 0 bridgehead atoms. The van der Waals surface area contributed by atoms with Gasteiger partial charge in [0.2, 0.25) is 0 Å². The number of carbonyl (C=O) groups excluding carboxylic acids is 2. The summed E-state index contributed by atoms with van der Waals surface area (Å²) in [6.07, 6.45) is 1.54. The van der Waals surface area contributed by atoms with Crippen LogP contribution in [0, 0.1) is 11.8 Å². The van der Waals surface area contributed by atoms with E-state index < -0.39 is 0 Å². The second kappa shape index (κ2) is 9.08. The van der Waals surface area contributed by atoms with Crippen LogP contribution in [0.4, 0.5) is 0 Å². The van der Waals surface area contributed by atoms with Crippen molar-refractivity contribution in [3.8, 4) is 0 Å². The average Bonchev–Trinajstić information content (AvgIpc) is 3.56. The predicted molar refractivity (Wildman–Crippen MR) is 116 cm³/mol. The van der Waals surface area contributed by atoms with Crippen molar-refractivity contribution in [2.75, 3.05) is 19.7 Å². The number of carbonyl (C=O) groups is 2. The maximum Gasteiger partial charge on any atom is 0.309 e. The summed E-state index contributed by atoms with van der Waals surface area (Å²) in [4.78, 5) is 31.8. The van der Waals surface area contributed by atoms with E-state index >= 15 is 0 Å². The minimum atomic E-state index is -0.151. The summed E-state index contributed by atoms with van der Waals surface area (Å²) in [5.74, 6) is -0.182. The number of rotatable bonds is 8. The molecule has 30 heavy (non-hydrogen) atoms. The van der Waals surface area contributed by atoms with Crippen molar-refractivity contribution < 1.29 is 14.3 Å². The number of fused-ring (bicyclic) bond motifs is 1. The van der Waals surface area contributed by atoms with Crippen molar-refractivity contribution in [1.82, 2.24) is 9.88 Å². The minimum Gasteiger partial charge on any atom is -0.466 e. The third kappa shape index (κ3) is 4.67. The zero-order chi connectivity index (χ0) is 20.9. The maximum atomic E-state index is 13.3. The molecule has 4 rings (SSSR count). The van der Waals surface area contributed by atoms with Gasteiger partial charge in [-0.15, -0.1) is 0 Å². The number of benzene rings is 2. The Morgan fingerprint density at radius 3 is 2.60 bits per heavy atom. The third-order valence-corrected chi connectivity index (χ3v) is 5.58. The van der Waals surface area contributed by atoms with Crippen molar-refractivity contribution in [2.24, 2.45) is 11.8 Å². The number of hydrogen-bond donors (Lipinski definition) is 0. The van der Waals surface area contributed by atoms with E-state index in [0.717, 1.165) is 23.7 Å². The fourth-order valence-corrected chi connectivity index (χ4v) is 3.80. The van der Waals surface area contributed by atoms with Crippen LogP contribution in [0.3, 0.4) is 0 Å². The smallest absolute Gasteiger partial charge is 0.309 e. The Labute approximate surface area is 176 Å². The lowest BCUT2D eigenvalue weighted by Crippen LogP contribution is -2.35. The topological polar surface area (TPSA) is 59.5 Å². The lowest BCUT2D eigenvalue weighted by molar-refractivity contribution is -0.145. The molecule has 2 atom stereocenters. The first-order valence-electron chi connectivity index (χ1n) is 10.5. The van der Waals surface area contributed by atoms with Gasteiger partial charge in [-0.1, -0.05) is 54.6 Å². The molecule has 0 spiro atoms. The first kappa shape index (κ1) is 20.1. The molecule has 1 aliphatic rings. The number of aromatic nitrogens is 1. The van der Waals surface area contributed by atoms with Gasteiger partial charge in [-0.25, -0.2) is 4.98 Å². The molecule has 0 saturated heterocycles. The van der Waals surface area contributed by atoms with Crippen LogP contribution in [0.5, 0.6) is 0 Å². The molecule has 154 valence electrons. The largest absolute Gasteiger partial charge is 0.466 e. The zero-order valence-corrected chi connectivity index (χ0v) is 17.2. The van der Waals surface area contributed by atoms with Crippen molar-refractivity contribution in [3.05, 3.63) is 78.0 Å². The lowest BCUT2D eigenvalue weighted by atomic mass is 10.1. The standard InChI is InChI=1S/C25H26N2O3/c1-2-30-25(29)21-16-20(21)17-27(15-14-18-8-4-3-5-9-18)24(28)23-13-12-19-10-6-7-11-22(19)26-23/h3-13,20-21H,2,14-17H2,1H3/t20-,21+/m0/s1. The van der Waals surface area contributed by atoms with Crippen LogP contribution in [0.2, 0.25) is 0 Å². The van der Waals surface area contributed by atoms with Crippen molar-refractivity contribution in [2.45, 2.75) is 19.8 Å². The van der Waals surface area contributed by atoms with Gasteiger partial charge in [0.05, 0.1) is 18.0 Å². The van der Waals surface area contributed by atoms with Gasteiger partial charge in [-0.05, 0) is 43.4 Å². The Kier molecular flexibility index (Phi) is 6.07. The highest BCUT2D eigenvalue weighted by Gasteiger charge is 2.45. The highest BCUT2D eigenvalue weighted by molar-refractivity contribution is 5.95. The molecular formula is C25H26N2O3. The van der Waals surface area contributed by atoms with Crippen LogP contribution >= 0.6 is 0 Å². The van der Waals surface area contributed by atoms with Gasteiger partial charge in [-0.3, -0.25) is 9.59 Å². The van der Waals surface area contributed by atoms with E-state index in [1.165, 1.54) is 5.56 Å².